The lowest BCUT2D eigenvalue weighted by molar-refractivity contribution is -0.0336. The van der Waals surface area contributed by atoms with E-state index >= 15 is 0 Å². The molecule has 108 valence electrons. The third kappa shape index (κ3) is 3.02. The minimum absolute atomic E-state index is 0.126. The van der Waals surface area contributed by atoms with Gasteiger partial charge in [-0.3, -0.25) is 4.98 Å². The summed E-state index contributed by atoms with van der Waals surface area (Å²) in [6, 6.07) is 8.61. The Balaban J connectivity index is 2.24. The average molecular weight is 289 g/mol. The van der Waals surface area contributed by atoms with Gasteiger partial charge in [-0.05, 0) is 47.7 Å². The van der Waals surface area contributed by atoms with Crippen LogP contribution in [0.3, 0.4) is 0 Å². The number of rotatable bonds is 4. The number of hydrogen-bond acceptors (Lipinski definition) is 2. The Kier molecular flexibility index (Phi) is 4.18. The summed E-state index contributed by atoms with van der Waals surface area (Å²) in [7, 11) is 0.686. The predicted molar refractivity (Wildman–Crippen MR) is 89.2 cm³/mol. The minimum atomic E-state index is -0.680. The fraction of sp³-hybridized carbons (Fsp3) is 0.471. The normalized spacial score (nSPS) is 15.1. The van der Waals surface area contributed by atoms with Gasteiger partial charge in [0.05, 0.1) is 5.60 Å². The highest BCUT2D eigenvalue weighted by molar-refractivity contribution is 7.48. The van der Waals surface area contributed by atoms with Crippen molar-refractivity contribution in [3.05, 3.63) is 36.7 Å². The summed E-state index contributed by atoms with van der Waals surface area (Å²) in [5, 5.41) is 14.1. The van der Waals surface area contributed by atoms with Gasteiger partial charge in [0.15, 0.2) is 0 Å². The van der Waals surface area contributed by atoms with Gasteiger partial charge in [-0.1, -0.05) is 41.5 Å². The highest BCUT2D eigenvalue weighted by Gasteiger charge is 2.39. The second-order valence-corrected chi connectivity index (χ2v) is 8.32. The van der Waals surface area contributed by atoms with Gasteiger partial charge in [0, 0.05) is 17.8 Å². The highest BCUT2D eigenvalue weighted by Crippen LogP contribution is 2.42. The second-order valence-electron chi connectivity index (χ2n) is 6.58. The molecular weight excluding hydrogens is 265 g/mol. The summed E-state index contributed by atoms with van der Waals surface area (Å²) < 4.78 is 0. The fourth-order valence-electron chi connectivity index (χ4n) is 2.13. The molecule has 1 heterocycles. The van der Waals surface area contributed by atoms with E-state index in [1.54, 1.807) is 0 Å². The molecule has 0 amide bonds. The second kappa shape index (κ2) is 5.42. The van der Waals surface area contributed by atoms with Gasteiger partial charge in [-0.15, -0.1) is 0 Å². The SMILES string of the molecule is CC(Pc1ccc2cnccc2c1)C(C)(C)C(C)(C)O. The Labute approximate surface area is 123 Å². The predicted octanol–water partition coefficient (Wildman–Crippen LogP) is 3.72. The number of hydrogen-bond donors (Lipinski definition) is 1. The maximum atomic E-state index is 10.4. The van der Waals surface area contributed by atoms with Gasteiger partial charge in [0.1, 0.15) is 0 Å². The van der Waals surface area contributed by atoms with Crippen LogP contribution in [0.1, 0.15) is 34.6 Å². The molecule has 2 atom stereocenters. The number of nitrogens with zero attached hydrogens (tertiary/aromatic N) is 1. The van der Waals surface area contributed by atoms with Gasteiger partial charge in [-0.2, -0.15) is 0 Å². The van der Waals surface area contributed by atoms with E-state index in [0.29, 0.717) is 14.2 Å². The van der Waals surface area contributed by atoms with Crippen molar-refractivity contribution in [1.82, 2.24) is 4.98 Å². The van der Waals surface area contributed by atoms with Crippen LogP contribution in [-0.2, 0) is 0 Å². The monoisotopic (exact) mass is 289 g/mol. The summed E-state index contributed by atoms with van der Waals surface area (Å²) in [5.74, 6) is 0. The fourth-order valence-corrected chi connectivity index (χ4v) is 3.77. The van der Waals surface area contributed by atoms with Crippen LogP contribution >= 0.6 is 8.58 Å². The zero-order chi connectivity index (χ0) is 15.0. The molecule has 0 saturated carbocycles. The van der Waals surface area contributed by atoms with E-state index in [1.807, 2.05) is 26.2 Å². The molecule has 1 aromatic heterocycles. The maximum Gasteiger partial charge on any atom is 0.0648 e. The molecule has 1 N–H and O–H groups in total. The first-order valence-electron chi connectivity index (χ1n) is 7.04. The standard InChI is InChI=1S/C17H24NOP/c1-12(16(2,3)17(4,5)19)20-15-7-6-14-11-18-9-8-13(14)10-15/h6-12,19-20H,1-5H3. The molecule has 1 aromatic carbocycles. The molecule has 0 radical (unpaired) electrons. The van der Waals surface area contributed by atoms with Crippen molar-refractivity contribution >= 4 is 24.7 Å². The molecule has 0 saturated heterocycles. The molecule has 2 rings (SSSR count). The largest absolute Gasteiger partial charge is 0.390 e. The van der Waals surface area contributed by atoms with Crippen LogP contribution in [0.4, 0.5) is 0 Å². The van der Waals surface area contributed by atoms with Gasteiger partial charge in [-0.25, -0.2) is 0 Å². The van der Waals surface area contributed by atoms with Crippen LogP contribution in [0.2, 0.25) is 0 Å². The molecule has 0 aliphatic heterocycles. The minimum Gasteiger partial charge on any atom is -0.390 e. The van der Waals surface area contributed by atoms with Crippen LogP contribution in [0.15, 0.2) is 36.7 Å². The topological polar surface area (TPSA) is 33.1 Å². The van der Waals surface area contributed by atoms with E-state index in [1.165, 1.54) is 16.1 Å². The van der Waals surface area contributed by atoms with E-state index in [0.717, 1.165) is 0 Å². The summed E-state index contributed by atoms with van der Waals surface area (Å²) >= 11 is 0. The summed E-state index contributed by atoms with van der Waals surface area (Å²) in [4.78, 5) is 4.14. The first-order valence-corrected chi connectivity index (χ1v) is 8.12. The lowest BCUT2D eigenvalue weighted by Gasteiger charge is -2.42. The van der Waals surface area contributed by atoms with E-state index < -0.39 is 5.60 Å². The van der Waals surface area contributed by atoms with Gasteiger partial charge < -0.3 is 5.11 Å². The van der Waals surface area contributed by atoms with Gasteiger partial charge in [0.25, 0.3) is 0 Å². The number of fused-ring (bicyclic) bond motifs is 1. The first kappa shape index (κ1) is 15.4. The molecule has 0 spiro atoms. The van der Waals surface area contributed by atoms with E-state index in [-0.39, 0.29) is 5.41 Å². The molecule has 20 heavy (non-hydrogen) atoms. The van der Waals surface area contributed by atoms with Crippen molar-refractivity contribution in [3.8, 4) is 0 Å². The zero-order valence-electron chi connectivity index (χ0n) is 12.9. The first-order chi connectivity index (χ1) is 9.22. The molecule has 2 aromatic rings. The Morgan fingerprint density at radius 3 is 2.45 bits per heavy atom. The summed E-state index contributed by atoms with van der Waals surface area (Å²) in [6.45, 7) is 10.3. The lowest BCUT2D eigenvalue weighted by Crippen LogP contribution is -2.45. The number of aromatic nitrogens is 1. The third-order valence-electron chi connectivity index (χ3n) is 4.68. The van der Waals surface area contributed by atoms with Gasteiger partial charge in [0.2, 0.25) is 0 Å². The van der Waals surface area contributed by atoms with Crippen molar-refractivity contribution in [2.24, 2.45) is 5.41 Å². The molecule has 2 unspecified atom stereocenters. The van der Waals surface area contributed by atoms with Gasteiger partial charge >= 0.3 is 0 Å². The molecule has 0 bridgehead atoms. The number of aliphatic hydroxyl groups is 1. The smallest absolute Gasteiger partial charge is 0.0648 e. The Morgan fingerprint density at radius 1 is 1.10 bits per heavy atom. The van der Waals surface area contributed by atoms with Crippen molar-refractivity contribution in [3.63, 3.8) is 0 Å². The Bertz CT molecular complexity index is 601. The van der Waals surface area contributed by atoms with Crippen LogP contribution < -0.4 is 5.30 Å². The zero-order valence-corrected chi connectivity index (χ0v) is 13.9. The molecule has 2 nitrogen and oxygen atoms in total. The van der Waals surface area contributed by atoms with Crippen molar-refractivity contribution < 1.29 is 5.11 Å². The lowest BCUT2D eigenvalue weighted by atomic mass is 9.75. The molecule has 0 aliphatic rings. The summed E-state index contributed by atoms with van der Waals surface area (Å²) in [6.07, 6.45) is 3.73. The highest BCUT2D eigenvalue weighted by atomic mass is 31.1. The number of benzene rings is 1. The van der Waals surface area contributed by atoms with Crippen molar-refractivity contribution in [2.45, 2.75) is 45.9 Å². The Hall–Kier alpha value is -0.980. The van der Waals surface area contributed by atoms with E-state index in [9.17, 15) is 5.11 Å². The number of pyridine rings is 1. The maximum absolute atomic E-state index is 10.4. The molecule has 0 aliphatic carbocycles. The van der Waals surface area contributed by atoms with Crippen LogP contribution in [0, 0.1) is 5.41 Å². The molecule has 0 fully saturated rings. The molecular formula is C17H24NOP. The Morgan fingerprint density at radius 2 is 1.80 bits per heavy atom. The van der Waals surface area contributed by atoms with E-state index in [2.05, 4.69) is 50.0 Å². The average Bonchev–Trinajstić information content (AvgIpc) is 2.37. The van der Waals surface area contributed by atoms with Crippen molar-refractivity contribution in [1.29, 1.82) is 0 Å². The third-order valence-corrected chi connectivity index (χ3v) is 6.48. The summed E-state index contributed by atoms with van der Waals surface area (Å²) in [5.41, 5.74) is -0.388. The molecule has 3 heteroatoms. The van der Waals surface area contributed by atoms with Crippen LogP contribution in [-0.4, -0.2) is 21.4 Å². The van der Waals surface area contributed by atoms with E-state index in [4.69, 9.17) is 0 Å². The van der Waals surface area contributed by atoms with Crippen molar-refractivity contribution in [2.75, 3.05) is 0 Å². The van der Waals surface area contributed by atoms with Crippen LogP contribution in [0.5, 0.6) is 0 Å². The van der Waals surface area contributed by atoms with Crippen LogP contribution in [0.25, 0.3) is 10.8 Å². The quantitative estimate of drug-likeness (QED) is 0.870.